The number of ether oxygens (including phenoxy) is 1. The SMILES string of the molecule is CCCc1cc2ccc(OCC3CCC(CCC)CC3)c(F)c2s1. The van der Waals surface area contributed by atoms with Gasteiger partial charge in [0, 0.05) is 4.88 Å². The topological polar surface area (TPSA) is 9.23 Å². The van der Waals surface area contributed by atoms with Crippen LogP contribution in [0.1, 0.15) is 63.7 Å². The summed E-state index contributed by atoms with van der Waals surface area (Å²) >= 11 is 1.57. The van der Waals surface area contributed by atoms with E-state index in [-0.39, 0.29) is 5.82 Å². The molecule has 3 rings (SSSR count). The van der Waals surface area contributed by atoms with Crippen molar-refractivity contribution in [3.63, 3.8) is 0 Å². The first-order chi connectivity index (χ1) is 11.7. The number of hydrogen-bond acceptors (Lipinski definition) is 2. The smallest absolute Gasteiger partial charge is 0.182 e. The molecule has 0 aliphatic heterocycles. The maximum absolute atomic E-state index is 14.7. The molecule has 0 bridgehead atoms. The summed E-state index contributed by atoms with van der Waals surface area (Å²) in [6.45, 7) is 5.09. The zero-order valence-electron chi connectivity index (χ0n) is 14.9. The predicted molar refractivity (Wildman–Crippen MR) is 102 cm³/mol. The molecule has 24 heavy (non-hydrogen) atoms. The fourth-order valence-electron chi connectivity index (χ4n) is 3.89. The van der Waals surface area contributed by atoms with Gasteiger partial charge in [-0.3, -0.25) is 0 Å². The number of rotatable bonds is 7. The van der Waals surface area contributed by atoms with Crippen LogP contribution in [0.15, 0.2) is 18.2 Å². The van der Waals surface area contributed by atoms with E-state index in [1.54, 1.807) is 11.3 Å². The highest BCUT2D eigenvalue weighted by Gasteiger charge is 2.21. The molecule has 0 spiro atoms. The number of halogens is 1. The average Bonchev–Trinajstić information content (AvgIpc) is 3.00. The second kappa shape index (κ2) is 8.33. The van der Waals surface area contributed by atoms with Gasteiger partial charge in [0.15, 0.2) is 11.6 Å². The lowest BCUT2D eigenvalue weighted by Gasteiger charge is -2.28. The van der Waals surface area contributed by atoms with E-state index < -0.39 is 0 Å². The first kappa shape index (κ1) is 17.7. The first-order valence-corrected chi connectivity index (χ1v) is 10.4. The van der Waals surface area contributed by atoms with E-state index in [9.17, 15) is 4.39 Å². The summed E-state index contributed by atoms with van der Waals surface area (Å²) in [6.07, 6.45) is 9.86. The van der Waals surface area contributed by atoms with E-state index in [0.717, 1.165) is 28.8 Å². The molecule has 1 nitrogen and oxygen atoms in total. The molecule has 1 saturated carbocycles. The van der Waals surface area contributed by atoms with Gasteiger partial charge >= 0.3 is 0 Å². The zero-order valence-corrected chi connectivity index (χ0v) is 15.8. The van der Waals surface area contributed by atoms with E-state index in [2.05, 4.69) is 19.9 Å². The fraction of sp³-hybridized carbons (Fsp3) is 0.619. The van der Waals surface area contributed by atoms with Crippen LogP contribution in [0.25, 0.3) is 10.1 Å². The van der Waals surface area contributed by atoms with Gasteiger partial charge in [0.05, 0.1) is 11.3 Å². The van der Waals surface area contributed by atoms with Gasteiger partial charge < -0.3 is 4.74 Å². The highest BCUT2D eigenvalue weighted by molar-refractivity contribution is 7.19. The van der Waals surface area contributed by atoms with E-state index in [1.165, 1.54) is 43.4 Å². The van der Waals surface area contributed by atoms with Gasteiger partial charge in [0.2, 0.25) is 0 Å². The Morgan fingerprint density at radius 3 is 2.54 bits per heavy atom. The van der Waals surface area contributed by atoms with Crippen molar-refractivity contribution in [1.82, 2.24) is 0 Å². The Hall–Kier alpha value is -1.09. The molecule has 1 aromatic heterocycles. The predicted octanol–water partition coefficient (Wildman–Crippen LogP) is 6.98. The summed E-state index contributed by atoms with van der Waals surface area (Å²) in [5, 5.41) is 1.01. The monoisotopic (exact) mass is 348 g/mol. The van der Waals surface area contributed by atoms with Crippen molar-refractivity contribution in [3.8, 4) is 5.75 Å². The Morgan fingerprint density at radius 2 is 1.83 bits per heavy atom. The largest absolute Gasteiger partial charge is 0.490 e. The minimum absolute atomic E-state index is 0.167. The molecule has 0 radical (unpaired) electrons. The summed E-state index contributed by atoms with van der Waals surface area (Å²) in [6, 6.07) is 5.93. The highest BCUT2D eigenvalue weighted by atomic mass is 32.1. The standard InChI is InChI=1S/C21H29FOS/c1-3-5-15-7-9-16(10-8-15)14-23-19-12-11-17-13-18(6-4-2)24-21(17)20(19)22/h11-13,15-16H,3-10,14H2,1-2H3. The van der Waals surface area contributed by atoms with E-state index in [0.29, 0.717) is 18.3 Å². The van der Waals surface area contributed by atoms with Crippen LogP contribution < -0.4 is 4.74 Å². The van der Waals surface area contributed by atoms with Crippen LogP contribution in [0.5, 0.6) is 5.75 Å². The van der Waals surface area contributed by atoms with Gasteiger partial charge in [0.25, 0.3) is 0 Å². The molecular weight excluding hydrogens is 319 g/mol. The third kappa shape index (κ3) is 4.11. The van der Waals surface area contributed by atoms with E-state index >= 15 is 0 Å². The normalized spacial score (nSPS) is 21.3. The van der Waals surface area contributed by atoms with Gasteiger partial charge in [-0.05, 0) is 54.7 Å². The molecule has 0 amide bonds. The van der Waals surface area contributed by atoms with Crippen molar-refractivity contribution in [2.75, 3.05) is 6.61 Å². The summed E-state index contributed by atoms with van der Waals surface area (Å²) in [4.78, 5) is 1.26. The number of fused-ring (bicyclic) bond motifs is 1. The number of benzene rings is 1. The summed E-state index contributed by atoms with van der Waals surface area (Å²) in [5.74, 6) is 1.76. The molecule has 1 heterocycles. The van der Waals surface area contributed by atoms with Gasteiger partial charge in [-0.1, -0.05) is 46.0 Å². The number of thiophene rings is 1. The lowest BCUT2D eigenvalue weighted by molar-refractivity contribution is 0.175. The first-order valence-electron chi connectivity index (χ1n) is 9.55. The Bertz CT molecular complexity index is 655. The molecule has 132 valence electrons. The number of hydrogen-bond donors (Lipinski definition) is 0. The molecule has 0 saturated heterocycles. The Labute approximate surface area is 149 Å². The third-order valence-corrected chi connectivity index (χ3v) is 6.48. The Balaban J connectivity index is 1.60. The van der Waals surface area contributed by atoms with Crippen LogP contribution in [0.2, 0.25) is 0 Å². The molecule has 1 aromatic carbocycles. The van der Waals surface area contributed by atoms with Gasteiger partial charge in [0.1, 0.15) is 0 Å². The Kier molecular flexibility index (Phi) is 6.15. The lowest BCUT2D eigenvalue weighted by Crippen LogP contribution is -2.20. The minimum atomic E-state index is -0.167. The van der Waals surface area contributed by atoms with Gasteiger partial charge in [-0.15, -0.1) is 11.3 Å². The zero-order chi connectivity index (χ0) is 16.9. The molecule has 0 atom stereocenters. The summed E-state index contributed by atoms with van der Waals surface area (Å²) < 4.78 is 21.4. The molecular formula is C21H29FOS. The van der Waals surface area contributed by atoms with Crippen LogP contribution in [-0.2, 0) is 6.42 Å². The van der Waals surface area contributed by atoms with Crippen LogP contribution in [0.3, 0.4) is 0 Å². The van der Waals surface area contributed by atoms with Crippen molar-refractivity contribution in [3.05, 3.63) is 28.9 Å². The molecule has 0 unspecified atom stereocenters. The van der Waals surface area contributed by atoms with E-state index in [1.807, 2.05) is 12.1 Å². The summed E-state index contributed by atoms with van der Waals surface area (Å²) in [5.41, 5.74) is 0. The van der Waals surface area contributed by atoms with Gasteiger partial charge in [-0.25, -0.2) is 4.39 Å². The average molecular weight is 349 g/mol. The second-order valence-electron chi connectivity index (χ2n) is 7.25. The van der Waals surface area contributed by atoms with E-state index in [4.69, 9.17) is 4.74 Å². The molecule has 0 N–H and O–H groups in total. The van der Waals surface area contributed by atoms with Crippen molar-refractivity contribution >= 4 is 21.4 Å². The maximum atomic E-state index is 14.7. The van der Waals surface area contributed by atoms with Gasteiger partial charge in [-0.2, -0.15) is 0 Å². The third-order valence-electron chi connectivity index (χ3n) is 5.28. The molecule has 1 aliphatic rings. The van der Waals surface area contributed by atoms with Crippen molar-refractivity contribution in [1.29, 1.82) is 0 Å². The molecule has 2 aromatic rings. The van der Waals surface area contributed by atoms with Crippen LogP contribution >= 0.6 is 11.3 Å². The number of aryl methyl sites for hydroxylation is 1. The van der Waals surface area contributed by atoms with Crippen LogP contribution in [0.4, 0.5) is 4.39 Å². The van der Waals surface area contributed by atoms with Crippen molar-refractivity contribution in [2.45, 2.75) is 65.2 Å². The van der Waals surface area contributed by atoms with Crippen LogP contribution in [-0.4, -0.2) is 6.61 Å². The van der Waals surface area contributed by atoms with Crippen LogP contribution in [0, 0.1) is 17.7 Å². The molecule has 1 fully saturated rings. The molecule has 3 heteroatoms. The second-order valence-corrected chi connectivity index (χ2v) is 8.38. The minimum Gasteiger partial charge on any atom is -0.490 e. The highest BCUT2D eigenvalue weighted by Crippen LogP contribution is 2.35. The lowest BCUT2D eigenvalue weighted by atomic mass is 9.80. The quantitative estimate of drug-likeness (QED) is 0.524. The fourth-order valence-corrected chi connectivity index (χ4v) is 5.08. The van der Waals surface area contributed by atoms with Crippen molar-refractivity contribution < 1.29 is 9.13 Å². The Morgan fingerprint density at radius 1 is 1.08 bits per heavy atom. The molecule has 1 aliphatic carbocycles. The summed E-state index contributed by atoms with van der Waals surface area (Å²) in [7, 11) is 0. The maximum Gasteiger partial charge on any atom is 0.182 e. The van der Waals surface area contributed by atoms with Crippen molar-refractivity contribution in [2.24, 2.45) is 11.8 Å².